The average molecular weight is 438 g/mol. The predicted octanol–water partition coefficient (Wildman–Crippen LogP) is 3.30. The standard InChI is InChI=1S/C26H35N3O3/c1-31-20-7-10-25(11-8-20)15-19-6-5-18(13-17-3-2-4-17)14-22(19)26(25)23(30)29(24(27)28-26)16-21-9-12-32-21/h5-6,14,17,20-21H,2-4,7-13,15-16H2,1H3,(H2,27,28)/t20-,21-,25-,26+/m0/s1. The molecule has 1 amide bonds. The highest BCUT2D eigenvalue weighted by molar-refractivity contribution is 6.08. The number of rotatable bonds is 5. The smallest absolute Gasteiger partial charge is 0.262 e. The minimum atomic E-state index is -0.884. The van der Waals surface area contributed by atoms with Gasteiger partial charge in [0.1, 0.15) is 0 Å². The molecular weight excluding hydrogens is 402 g/mol. The highest BCUT2D eigenvalue weighted by Crippen LogP contribution is 2.62. The topological polar surface area (TPSA) is 77.2 Å². The summed E-state index contributed by atoms with van der Waals surface area (Å²) in [6, 6.07) is 6.87. The summed E-state index contributed by atoms with van der Waals surface area (Å²) in [4.78, 5) is 21.1. The van der Waals surface area contributed by atoms with E-state index in [1.54, 1.807) is 12.0 Å². The molecule has 6 heteroatoms. The van der Waals surface area contributed by atoms with Crippen molar-refractivity contribution in [1.82, 2.24) is 4.90 Å². The summed E-state index contributed by atoms with van der Waals surface area (Å²) < 4.78 is 11.3. The Morgan fingerprint density at radius 3 is 2.62 bits per heavy atom. The highest BCUT2D eigenvalue weighted by atomic mass is 16.5. The Kier molecular flexibility index (Phi) is 4.88. The van der Waals surface area contributed by atoms with Crippen LogP contribution in [0.1, 0.15) is 68.1 Å². The number of guanidine groups is 1. The van der Waals surface area contributed by atoms with Crippen molar-refractivity contribution in [2.24, 2.45) is 22.1 Å². The molecule has 3 aliphatic carbocycles. The molecule has 5 aliphatic rings. The number of hydrogen-bond acceptors (Lipinski definition) is 5. The molecule has 2 aliphatic heterocycles. The number of carbonyl (C=O) groups excluding carboxylic acids is 1. The molecule has 6 rings (SSSR count). The van der Waals surface area contributed by atoms with Crippen LogP contribution < -0.4 is 5.73 Å². The molecule has 1 aromatic rings. The fourth-order valence-corrected chi connectivity index (χ4v) is 6.88. The number of hydrogen-bond donors (Lipinski definition) is 1. The number of nitrogens with two attached hydrogens (primary N) is 1. The first-order valence-corrected chi connectivity index (χ1v) is 12.5. The lowest BCUT2D eigenvalue weighted by Gasteiger charge is -2.45. The summed E-state index contributed by atoms with van der Waals surface area (Å²) in [5.41, 5.74) is 9.13. The van der Waals surface area contributed by atoms with Crippen LogP contribution in [0.15, 0.2) is 23.2 Å². The Hall–Kier alpha value is -1.92. The summed E-state index contributed by atoms with van der Waals surface area (Å²) in [7, 11) is 1.80. The first kappa shape index (κ1) is 20.7. The van der Waals surface area contributed by atoms with E-state index >= 15 is 0 Å². The highest BCUT2D eigenvalue weighted by Gasteiger charge is 2.66. The van der Waals surface area contributed by atoms with E-state index in [-0.39, 0.29) is 23.5 Å². The van der Waals surface area contributed by atoms with Gasteiger partial charge in [-0.3, -0.25) is 9.69 Å². The van der Waals surface area contributed by atoms with Gasteiger partial charge in [0.25, 0.3) is 5.91 Å². The third kappa shape index (κ3) is 2.91. The maximum absolute atomic E-state index is 14.2. The van der Waals surface area contributed by atoms with Gasteiger partial charge < -0.3 is 15.2 Å². The predicted molar refractivity (Wildman–Crippen MR) is 122 cm³/mol. The largest absolute Gasteiger partial charge is 0.381 e. The zero-order valence-electron chi connectivity index (χ0n) is 19.1. The van der Waals surface area contributed by atoms with Gasteiger partial charge in [-0.15, -0.1) is 0 Å². The van der Waals surface area contributed by atoms with E-state index in [1.807, 2.05) is 0 Å². The van der Waals surface area contributed by atoms with E-state index in [0.29, 0.717) is 12.5 Å². The quantitative estimate of drug-likeness (QED) is 0.767. The molecule has 0 aromatic heterocycles. The Morgan fingerprint density at radius 2 is 2.00 bits per heavy atom. The molecule has 0 bridgehead atoms. The van der Waals surface area contributed by atoms with Crippen molar-refractivity contribution in [2.45, 2.75) is 82.0 Å². The summed E-state index contributed by atoms with van der Waals surface area (Å²) >= 11 is 0. The van der Waals surface area contributed by atoms with Crippen LogP contribution in [0.2, 0.25) is 0 Å². The third-order valence-corrected chi connectivity index (χ3v) is 9.13. The molecule has 2 atom stereocenters. The molecule has 2 spiro atoms. The monoisotopic (exact) mass is 437 g/mol. The van der Waals surface area contributed by atoms with E-state index in [1.165, 1.54) is 30.4 Å². The van der Waals surface area contributed by atoms with E-state index < -0.39 is 5.54 Å². The molecule has 2 heterocycles. The second kappa shape index (κ2) is 7.56. The minimum Gasteiger partial charge on any atom is -0.381 e. The van der Waals surface area contributed by atoms with Gasteiger partial charge in [0.05, 0.1) is 18.8 Å². The Morgan fingerprint density at radius 1 is 1.22 bits per heavy atom. The van der Waals surface area contributed by atoms with Crippen LogP contribution in [0.4, 0.5) is 0 Å². The Labute approximate surface area is 190 Å². The molecule has 2 N–H and O–H groups in total. The minimum absolute atomic E-state index is 0.0703. The number of aliphatic imine (C=N–C) groups is 1. The summed E-state index contributed by atoms with van der Waals surface area (Å²) in [5.74, 6) is 1.23. The van der Waals surface area contributed by atoms with Gasteiger partial charge >= 0.3 is 0 Å². The lowest BCUT2D eigenvalue weighted by atomic mass is 9.61. The Balaban J connectivity index is 1.41. The molecule has 1 saturated heterocycles. The fraction of sp³-hybridized carbons (Fsp3) is 0.692. The van der Waals surface area contributed by atoms with Crippen molar-refractivity contribution in [3.8, 4) is 0 Å². The van der Waals surface area contributed by atoms with Crippen LogP contribution in [0.25, 0.3) is 0 Å². The van der Waals surface area contributed by atoms with Crippen molar-refractivity contribution in [3.63, 3.8) is 0 Å². The number of methoxy groups -OCH3 is 1. The van der Waals surface area contributed by atoms with E-state index in [4.69, 9.17) is 20.2 Å². The molecule has 6 nitrogen and oxygen atoms in total. The summed E-state index contributed by atoms with van der Waals surface area (Å²) in [5, 5.41) is 0. The zero-order valence-corrected chi connectivity index (χ0v) is 19.1. The number of carbonyl (C=O) groups is 1. The number of ether oxygens (including phenoxy) is 2. The van der Waals surface area contributed by atoms with Crippen LogP contribution in [0, 0.1) is 11.3 Å². The average Bonchev–Trinajstić information content (AvgIpc) is 3.14. The summed E-state index contributed by atoms with van der Waals surface area (Å²) in [6.45, 7) is 1.29. The van der Waals surface area contributed by atoms with Crippen LogP contribution in [0.5, 0.6) is 0 Å². The van der Waals surface area contributed by atoms with Gasteiger partial charge in [0, 0.05) is 19.1 Å². The van der Waals surface area contributed by atoms with Crippen molar-refractivity contribution in [3.05, 3.63) is 34.9 Å². The lowest BCUT2D eigenvalue weighted by Crippen LogP contribution is -2.54. The Bertz CT molecular complexity index is 944. The van der Waals surface area contributed by atoms with Crippen molar-refractivity contribution < 1.29 is 14.3 Å². The number of amides is 1. The first-order chi connectivity index (χ1) is 15.5. The molecule has 0 unspecified atom stereocenters. The molecule has 3 fully saturated rings. The molecular formula is C26H35N3O3. The third-order valence-electron chi connectivity index (χ3n) is 9.13. The van der Waals surface area contributed by atoms with Gasteiger partial charge in [-0.25, -0.2) is 4.99 Å². The second-order valence-corrected chi connectivity index (χ2v) is 10.8. The summed E-state index contributed by atoms with van der Waals surface area (Å²) in [6.07, 6.45) is 11.1. The molecule has 172 valence electrons. The number of benzene rings is 1. The van der Waals surface area contributed by atoms with E-state index in [9.17, 15) is 4.79 Å². The number of fused-ring (bicyclic) bond motifs is 3. The van der Waals surface area contributed by atoms with Crippen molar-refractivity contribution in [2.75, 3.05) is 20.3 Å². The maximum atomic E-state index is 14.2. The fourth-order valence-electron chi connectivity index (χ4n) is 6.88. The molecule has 0 radical (unpaired) electrons. The van der Waals surface area contributed by atoms with Crippen LogP contribution in [-0.4, -0.2) is 49.2 Å². The van der Waals surface area contributed by atoms with Gasteiger partial charge in [-0.05, 0) is 67.6 Å². The van der Waals surface area contributed by atoms with E-state index in [0.717, 1.165) is 63.0 Å². The first-order valence-electron chi connectivity index (χ1n) is 12.5. The maximum Gasteiger partial charge on any atom is 0.262 e. The second-order valence-electron chi connectivity index (χ2n) is 10.8. The van der Waals surface area contributed by atoms with Crippen molar-refractivity contribution in [1.29, 1.82) is 0 Å². The van der Waals surface area contributed by atoms with Gasteiger partial charge in [-0.1, -0.05) is 37.5 Å². The van der Waals surface area contributed by atoms with Gasteiger partial charge in [-0.2, -0.15) is 0 Å². The molecule has 1 aromatic carbocycles. The van der Waals surface area contributed by atoms with Crippen molar-refractivity contribution >= 4 is 11.9 Å². The van der Waals surface area contributed by atoms with Crippen LogP contribution in [-0.2, 0) is 32.6 Å². The van der Waals surface area contributed by atoms with E-state index in [2.05, 4.69) is 18.2 Å². The zero-order chi connectivity index (χ0) is 21.9. The molecule has 32 heavy (non-hydrogen) atoms. The molecule has 2 saturated carbocycles. The normalized spacial score (nSPS) is 36.3. The van der Waals surface area contributed by atoms with Gasteiger partial charge in [0.15, 0.2) is 11.5 Å². The van der Waals surface area contributed by atoms with Crippen LogP contribution >= 0.6 is 0 Å². The SMILES string of the molecule is CO[C@H]1CC[C@]2(CC1)Cc1ccc(CC3CCC3)cc1[C@]21N=C(N)N(C[C@@H]2CCO2)C1=O. The lowest BCUT2D eigenvalue weighted by molar-refractivity contribution is -0.141. The van der Waals surface area contributed by atoms with Crippen LogP contribution in [0.3, 0.4) is 0 Å². The number of nitrogens with zero attached hydrogens (tertiary/aromatic N) is 2. The van der Waals surface area contributed by atoms with Gasteiger partial charge in [0.2, 0.25) is 0 Å².